The third-order valence-corrected chi connectivity index (χ3v) is 8.14. The second-order valence-corrected chi connectivity index (χ2v) is 10.6. The van der Waals surface area contributed by atoms with E-state index in [2.05, 4.69) is 22.9 Å². The van der Waals surface area contributed by atoms with Crippen LogP contribution in [0.3, 0.4) is 0 Å². The number of amides is 1. The molecule has 2 aliphatic rings. The van der Waals surface area contributed by atoms with Gasteiger partial charge in [0, 0.05) is 29.2 Å². The summed E-state index contributed by atoms with van der Waals surface area (Å²) in [5.74, 6) is 0. The average molecular weight is 493 g/mol. The summed E-state index contributed by atoms with van der Waals surface area (Å²) in [6.07, 6.45) is 2.74. The number of rotatable bonds is 5. The van der Waals surface area contributed by atoms with E-state index in [-0.39, 0.29) is 18.7 Å². The summed E-state index contributed by atoms with van der Waals surface area (Å²) < 4.78 is 33.9. The molecule has 30 heavy (non-hydrogen) atoms. The second-order valence-electron chi connectivity index (χ2n) is 7.73. The minimum atomic E-state index is -3.54. The number of nitrogens with zero attached hydrogens (tertiary/aromatic N) is 2. The van der Waals surface area contributed by atoms with Gasteiger partial charge in [-0.25, -0.2) is 13.2 Å². The van der Waals surface area contributed by atoms with Crippen molar-refractivity contribution in [3.05, 3.63) is 58.1 Å². The molecule has 2 aliphatic heterocycles. The number of aryl methyl sites for hydroxylation is 1. The van der Waals surface area contributed by atoms with E-state index in [1.54, 1.807) is 17.0 Å². The molecule has 0 aromatic heterocycles. The maximum Gasteiger partial charge on any atom is 0.414 e. The van der Waals surface area contributed by atoms with Crippen LogP contribution in [0.4, 0.5) is 10.5 Å². The van der Waals surface area contributed by atoms with E-state index in [4.69, 9.17) is 4.74 Å². The topological polar surface area (TPSA) is 66.9 Å². The van der Waals surface area contributed by atoms with E-state index < -0.39 is 10.0 Å². The first kappa shape index (κ1) is 21.3. The van der Waals surface area contributed by atoms with Crippen LogP contribution >= 0.6 is 15.9 Å². The van der Waals surface area contributed by atoms with Crippen molar-refractivity contribution in [3.63, 3.8) is 0 Å². The number of benzene rings is 2. The number of hydrogen-bond donors (Lipinski definition) is 0. The second kappa shape index (κ2) is 8.69. The zero-order valence-electron chi connectivity index (χ0n) is 16.9. The minimum absolute atomic E-state index is 0.0869. The van der Waals surface area contributed by atoms with Crippen LogP contribution in [0.25, 0.3) is 0 Å². The lowest BCUT2D eigenvalue weighted by atomic mass is 10.0. The van der Waals surface area contributed by atoms with Crippen molar-refractivity contribution in [1.82, 2.24) is 4.31 Å². The molecule has 2 heterocycles. The molecule has 4 rings (SSSR count). The Morgan fingerprint density at radius 1 is 1.10 bits per heavy atom. The monoisotopic (exact) mass is 492 g/mol. The van der Waals surface area contributed by atoms with Gasteiger partial charge in [0.1, 0.15) is 6.61 Å². The van der Waals surface area contributed by atoms with Gasteiger partial charge in [-0.3, -0.25) is 4.90 Å². The van der Waals surface area contributed by atoms with E-state index in [0.717, 1.165) is 34.1 Å². The van der Waals surface area contributed by atoms with E-state index in [1.165, 1.54) is 4.31 Å². The molecule has 2 aromatic rings. The summed E-state index contributed by atoms with van der Waals surface area (Å²) >= 11 is 3.45. The lowest BCUT2D eigenvalue weighted by Crippen LogP contribution is -2.50. The van der Waals surface area contributed by atoms with Crippen LogP contribution in [0.2, 0.25) is 0 Å². The largest absolute Gasteiger partial charge is 0.444 e. The zero-order valence-corrected chi connectivity index (χ0v) is 19.3. The molecule has 0 bridgehead atoms. The number of ether oxygens (including phenoxy) is 1. The van der Waals surface area contributed by atoms with Crippen LogP contribution in [0.1, 0.15) is 37.3 Å². The highest BCUT2D eigenvalue weighted by Gasteiger charge is 2.37. The Morgan fingerprint density at radius 2 is 1.80 bits per heavy atom. The first-order valence-corrected chi connectivity index (χ1v) is 12.5. The number of hydrogen-bond acceptors (Lipinski definition) is 4. The molecule has 0 atom stereocenters. The normalized spacial score (nSPS) is 18.2. The van der Waals surface area contributed by atoms with Gasteiger partial charge in [-0.2, -0.15) is 4.31 Å². The molecule has 0 N–H and O–H groups in total. The number of sulfonamides is 1. The standard InChI is InChI=1S/C22H25BrN2O4S/c1-2-3-16-4-7-20(8-5-16)30(27,28)24-12-10-19(11-13-24)25-21-9-6-18(23)14-17(21)15-29-22(25)26/h4-9,14,19H,2-3,10-13,15H2,1H3. The highest BCUT2D eigenvalue weighted by molar-refractivity contribution is 9.10. The predicted octanol–water partition coefficient (Wildman–Crippen LogP) is 4.71. The quantitative estimate of drug-likeness (QED) is 0.605. The fourth-order valence-electron chi connectivity index (χ4n) is 4.16. The fraction of sp³-hybridized carbons (Fsp3) is 0.409. The van der Waals surface area contributed by atoms with Gasteiger partial charge in [0.2, 0.25) is 10.0 Å². The number of carbonyl (C=O) groups is 1. The van der Waals surface area contributed by atoms with Gasteiger partial charge in [0.05, 0.1) is 10.6 Å². The third kappa shape index (κ3) is 4.13. The van der Waals surface area contributed by atoms with Crippen LogP contribution in [0.5, 0.6) is 0 Å². The smallest absolute Gasteiger partial charge is 0.414 e. The van der Waals surface area contributed by atoms with Crippen molar-refractivity contribution in [2.75, 3.05) is 18.0 Å². The van der Waals surface area contributed by atoms with Crippen LogP contribution < -0.4 is 4.90 Å². The number of cyclic esters (lactones) is 1. The van der Waals surface area contributed by atoms with Crippen LogP contribution in [0.15, 0.2) is 51.8 Å². The SMILES string of the molecule is CCCc1ccc(S(=O)(=O)N2CCC(N3C(=O)OCc4cc(Br)ccc43)CC2)cc1. The minimum Gasteiger partial charge on any atom is -0.444 e. The Balaban J connectivity index is 1.48. The van der Waals surface area contributed by atoms with Gasteiger partial charge in [0.15, 0.2) is 0 Å². The molecular weight excluding hydrogens is 468 g/mol. The van der Waals surface area contributed by atoms with Crippen LogP contribution in [0, 0.1) is 0 Å². The lowest BCUT2D eigenvalue weighted by molar-refractivity contribution is 0.135. The molecular formula is C22H25BrN2O4S. The van der Waals surface area contributed by atoms with Gasteiger partial charge in [-0.05, 0) is 55.2 Å². The molecule has 0 aliphatic carbocycles. The molecule has 0 unspecified atom stereocenters. The van der Waals surface area contributed by atoms with Crippen molar-refractivity contribution < 1.29 is 17.9 Å². The summed E-state index contributed by atoms with van der Waals surface area (Å²) in [6, 6.07) is 12.9. The number of halogens is 1. The Bertz CT molecular complexity index is 1030. The number of piperidine rings is 1. The number of anilines is 1. The molecule has 2 aromatic carbocycles. The van der Waals surface area contributed by atoms with E-state index in [0.29, 0.717) is 30.8 Å². The zero-order chi connectivity index (χ0) is 21.3. The van der Waals surface area contributed by atoms with Gasteiger partial charge in [-0.1, -0.05) is 41.4 Å². The molecule has 160 valence electrons. The predicted molar refractivity (Wildman–Crippen MR) is 119 cm³/mol. The Kier molecular flexibility index (Phi) is 6.18. The van der Waals surface area contributed by atoms with E-state index >= 15 is 0 Å². The molecule has 0 radical (unpaired) electrons. The number of carbonyl (C=O) groups excluding carboxylic acids is 1. The first-order chi connectivity index (χ1) is 14.4. The molecule has 8 heteroatoms. The van der Waals surface area contributed by atoms with Gasteiger partial charge < -0.3 is 4.74 Å². The molecule has 6 nitrogen and oxygen atoms in total. The van der Waals surface area contributed by atoms with Gasteiger partial charge in [0.25, 0.3) is 0 Å². The van der Waals surface area contributed by atoms with E-state index in [1.807, 2.05) is 30.3 Å². The Hall–Kier alpha value is -1.90. The van der Waals surface area contributed by atoms with E-state index in [9.17, 15) is 13.2 Å². The highest BCUT2D eigenvalue weighted by Crippen LogP contribution is 2.34. The molecule has 1 saturated heterocycles. The third-order valence-electron chi connectivity index (χ3n) is 5.74. The van der Waals surface area contributed by atoms with Crippen molar-refractivity contribution in [2.45, 2.75) is 50.2 Å². The van der Waals surface area contributed by atoms with Gasteiger partial charge in [-0.15, -0.1) is 0 Å². The van der Waals surface area contributed by atoms with Crippen LogP contribution in [-0.2, 0) is 27.8 Å². The Morgan fingerprint density at radius 3 is 2.47 bits per heavy atom. The summed E-state index contributed by atoms with van der Waals surface area (Å²) in [6.45, 7) is 3.11. The number of fused-ring (bicyclic) bond motifs is 1. The van der Waals surface area contributed by atoms with Crippen molar-refractivity contribution in [1.29, 1.82) is 0 Å². The highest BCUT2D eigenvalue weighted by atomic mass is 79.9. The molecule has 1 fully saturated rings. The van der Waals surface area contributed by atoms with Crippen molar-refractivity contribution in [2.24, 2.45) is 0 Å². The lowest BCUT2D eigenvalue weighted by Gasteiger charge is -2.39. The maximum atomic E-state index is 13.1. The van der Waals surface area contributed by atoms with Gasteiger partial charge >= 0.3 is 6.09 Å². The van der Waals surface area contributed by atoms with Crippen molar-refractivity contribution >= 4 is 37.7 Å². The summed E-state index contributed by atoms with van der Waals surface area (Å²) in [7, 11) is -3.54. The molecule has 0 spiro atoms. The fourth-order valence-corrected chi connectivity index (χ4v) is 6.04. The Labute approximate surface area is 186 Å². The summed E-state index contributed by atoms with van der Waals surface area (Å²) in [4.78, 5) is 14.5. The van der Waals surface area contributed by atoms with Crippen molar-refractivity contribution in [3.8, 4) is 0 Å². The molecule has 0 saturated carbocycles. The maximum absolute atomic E-state index is 13.1. The average Bonchev–Trinajstić information content (AvgIpc) is 2.74. The van der Waals surface area contributed by atoms with Crippen LogP contribution in [-0.4, -0.2) is 37.9 Å². The molecule has 1 amide bonds. The summed E-state index contributed by atoms with van der Waals surface area (Å²) in [5, 5.41) is 0. The first-order valence-electron chi connectivity index (χ1n) is 10.2. The summed E-state index contributed by atoms with van der Waals surface area (Å²) in [5.41, 5.74) is 2.94.